The number of nitrogen functional groups attached to an aromatic ring is 1. The van der Waals surface area contributed by atoms with Crippen LogP contribution in [-0.2, 0) is 16.8 Å². The minimum absolute atomic E-state index is 0.0153. The lowest BCUT2D eigenvalue weighted by Crippen LogP contribution is -2.34. The molecular formula is C27H19ClFN7O3. The number of anilines is 2. The zero-order valence-corrected chi connectivity index (χ0v) is 21.1. The molecule has 39 heavy (non-hydrogen) atoms. The molecule has 1 unspecified atom stereocenters. The summed E-state index contributed by atoms with van der Waals surface area (Å²) >= 11 is 6.26. The molecule has 6 rings (SSSR count). The van der Waals surface area contributed by atoms with Crippen molar-refractivity contribution in [3.8, 4) is 11.5 Å². The minimum atomic E-state index is -1.35. The summed E-state index contributed by atoms with van der Waals surface area (Å²) in [7, 11) is 0. The molecule has 0 fully saturated rings. The molecular weight excluding hydrogens is 525 g/mol. The van der Waals surface area contributed by atoms with Gasteiger partial charge in [0.15, 0.2) is 5.82 Å². The number of carboxylic acid groups (broad SMARTS) is 1. The highest BCUT2D eigenvalue weighted by molar-refractivity contribution is 6.31. The first kappa shape index (κ1) is 24.4. The van der Waals surface area contributed by atoms with Crippen LogP contribution in [-0.4, -0.2) is 41.7 Å². The van der Waals surface area contributed by atoms with Crippen LogP contribution in [0.4, 0.5) is 16.0 Å². The number of aromatic carboxylic acids is 1. The molecule has 4 N–H and O–H groups in total. The normalized spacial score (nSPS) is 16.3. The molecule has 0 saturated heterocycles. The fourth-order valence-corrected chi connectivity index (χ4v) is 4.96. The number of carbonyl (C=O) groups is 2. The number of carboxylic acids is 1. The lowest BCUT2D eigenvalue weighted by molar-refractivity contribution is -0.119. The number of hydrogen-bond donors (Lipinski definition) is 3. The maximum atomic E-state index is 14.4. The average molecular weight is 544 g/mol. The van der Waals surface area contributed by atoms with Crippen LogP contribution in [0.1, 0.15) is 34.1 Å². The molecule has 3 aromatic heterocycles. The molecule has 2 aromatic carbocycles. The Morgan fingerprint density at radius 1 is 1.18 bits per heavy atom. The fourth-order valence-electron chi connectivity index (χ4n) is 4.79. The Hall–Kier alpha value is -4.90. The maximum Gasteiger partial charge on any atom is 0.337 e. The quantitative estimate of drug-likeness (QED) is 0.297. The molecule has 1 aliphatic rings. The van der Waals surface area contributed by atoms with E-state index in [2.05, 4.69) is 25.4 Å². The highest BCUT2D eigenvalue weighted by Crippen LogP contribution is 2.44. The van der Waals surface area contributed by atoms with Crippen LogP contribution in [0.5, 0.6) is 0 Å². The Labute approximate surface area is 225 Å². The second kappa shape index (κ2) is 8.84. The van der Waals surface area contributed by atoms with E-state index in [1.165, 1.54) is 24.4 Å². The van der Waals surface area contributed by atoms with E-state index in [9.17, 15) is 19.1 Å². The van der Waals surface area contributed by atoms with Crippen LogP contribution >= 0.6 is 11.6 Å². The predicted molar refractivity (Wildman–Crippen MR) is 142 cm³/mol. The molecule has 194 valence electrons. The SMILES string of the molecule is CC1(c2ccc(C(=O)O)cn2)C(=O)Nc2nc(-c3nn(Cc4ccccc4F)c4cc(Cl)ccc34)nc(N)c21. The molecule has 0 spiro atoms. The first-order valence-electron chi connectivity index (χ1n) is 11.8. The van der Waals surface area contributed by atoms with Gasteiger partial charge in [-0.05, 0) is 43.3 Å². The van der Waals surface area contributed by atoms with Crippen molar-refractivity contribution in [1.82, 2.24) is 24.7 Å². The van der Waals surface area contributed by atoms with Gasteiger partial charge in [0.1, 0.15) is 28.6 Å². The highest BCUT2D eigenvalue weighted by atomic mass is 35.5. The standard InChI is InChI=1S/C27H19ClFN7O3/c1-27(19-9-6-13(11-31-19)25(37)38)20-22(30)32-24(33-23(20)34-26(27)39)21-16-8-7-15(28)10-18(16)36(35-21)12-14-4-2-3-5-17(14)29/h2-11H,12H2,1H3,(H,37,38)(H3,30,32,33,34,39). The summed E-state index contributed by atoms with van der Waals surface area (Å²) < 4.78 is 16.0. The second-order valence-electron chi connectivity index (χ2n) is 9.23. The van der Waals surface area contributed by atoms with Gasteiger partial charge in [0.2, 0.25) is 5.91 Å². The highest BCUT2D eigenvalue weighted by Gasteiger charge is 2.48. The van der Waals surface area contributed by atoms with E-state index in [0.717, 1.165) is 0 Å². The topological polar surface area (TPSA) is 149 Å². The van der Waals surface area contributed by atoms with Gasteiger partial charge in [0, 0.05) is 22.2 Å². The van der Waals surface area contributed by atoms with Gasteiger partial charge in [-0.3, -0.25) is 14.5 Å². The van der Waals surface area contributed by atoms with Crippen LogP contribution in [0.2, 0.25) is 5.02 Å². The summed E-state index contributed by atoms with van der Waals surface area (Å²) in [5.74, 6) is -1.55. The Morgan fingerprint density at radius 3 is 2.69 bits per heavy atom. The first-order valence-corrected chi connectivity index (χ1v) is 12.1. The van der Waals surface area contributed by atoms with Gasteiger partial charge in [-0.2, -0.15) is 5.10 Å². The molecule has 10 nitrogen and oxygen atoms in total. The third-order valence-electron chi connectivity index (χ3n) is 6.85. The molecule has 0 aliphatic carbocycles. The monoisotopic (exact) mass is 543 g/mol. The van der Waals surface area contributed by atoms with Gasteiger partial charge < -0.3 is 16.2 Å². The number of fused-ring (bicyclic) bond motifs is 2. The van der Waals surface area contributed by atoms with Crippen molar-refractivity contribution in [3.63, 3.8) is 0 Å². The van der Waals surface area contributed by atoms with Gasteiger partial charge in [0.05, 0.1) is 28.9 Å². The summed E-state index contributed by atoms with van der Waals surface area (Å²) in [5, 5.41) is 17.8. The summed E-state index contributed by atoms with van der Waals surface area (Å²) in [6.45, 7) is 1.76. The number of carbonyl (C=O) groups excluding carboxylic acids is 1. The maximum absolute atomic E-state index is 14.4. The summed E-state index contributed by atoms with van der Waals surface area (Å²) in [6.07, 6.45) is 1.18. The number of nitrogens with two attached hydrogens (primary N) is 1. The number of hydrogen-bond acceptors (Lipinski definition) is 7. The molecule has 5 aromatic rings. The number of aromatic nitrogens is 5. The van der Waals surface area contributed by atoms with E-state index in [4.69, 9.17) is 17.3 Å². The third kappa shape index (κ3) is 3.86. The molecule has 1 atom stereocenters. The molecule has 0 radical (unpaired) electrons. The lowest BCUT2D eigenvalue weighted by Gasteiger charge is -2.22. The van der Waals surface area contributed by atoms with Gasteiger partial charge >= 0.3 is 5.97 Å². The summed E-state index contributed by atoms with van der Waals surface area (Å²) in [4.78, 5) is 37.7. The number of rotatable bonds is 5. The zero-order chi connectivity index (χ0) is 27.5. The Balaban J connectivity index is 1.47. The zero-order valence-electron chi connectivity index (χ0n) is 20.3. The number of halogens is 2. The number of pyridine rings is 1. The second-order valence-corrected chi connectivity index (χ2v) is 9.67. The Morgan fingerprint density at radius 2 is 1.97 bits per heavy atom. The fraction of sp³-hybridized carbons (Fsp3) is 0.111. The first-order chi connectivity index (χ1) is 18.7. The van der Waals surface area contributed by atoms with Crippen molar-refractivity contribution < 1.29 is 19.1 Å². The van der Waals surface area contributed by atoms with E-state index in [-0.39, 0.29) is 35.4 Å². The molecule has 4 heterocycles. The van der Waals surface area contributed by atoms with E-state index in [1.807, 2.05) is 0 Å². The van der Waals surface area contributed by atoms with Crippen molar-refractivity contribution in [2.75, 3.05) is 11.1 Å². The number of nitrogens with zero attached hydrogens (tertiary/aromatic N) is 5. The average Bonchev–Trinajstić information content (AvgIpc) is 3.39. The van der Waals surface area contributed by atoms with E-state index in [0.29, 0.717) is 38.4 Å². The third-order valence-corrected chi connectivity index (χ3v) is 7.08. The molecule has 1 aliphatic heterocycles. The van der Waals surface area contributed by atoms with Crippen LogP contribution in [0, 0.1) is 5.82 Å². The minimum Gasteiger partial charge on any atom is -0.478 e. The number of amides is 1. The van der Waals surface area contributed by atoms with E-state index in [1.54, 1.807) is 48.0 Å². The number of nitrogens with one attached hydrogen (secondary N) is 1. The van der Waals surface area contributed by atoms with Crippen molar-refractivity contribution >= 4 is 46.0 Å². The van der Waals surface area contributed by atoms with Crippen molar-refractivity contribution in [3.05, 3.63) is 94.0 Å². The van der Waals surface area contributed by atoms with Crippen molar-refractivity contribution in [2.45, 2.75) is 18.9 Å². The van der Waals surface area contributed by atoms with Crippen LogP contribution < -0.4 is 11.1 Å². The van der Waals surface area contributed by atoms with Crippen LogP contribution in [0.3, 0.4) is 0 Å². The van der Waals surface area contributed by atoms with Crippen LogP contribution in [0.15, 0.2) is 60.8 Å². The predicted octanol–water partition coefficient (Wildman–Crippen LogP) is 4.27. The Bertz CT molecular complexity index is 1820. The van der Waals surface area contributed by atoms with E-state index >= 15 is 0 Å². The smallest absolute Gasteiger partial charge is 0.337 e. The van der Waals surface area contributed by atoms with Crippen LogP contribution in [0.25, 0.3) is 22.4 Å². The lowest BCUT2D eigenvalue weighted by atomic mass is 9.80. The van der Waals surface area contributed by atoms with E-state index < -0.39 is 17.3 Å². The molecule has 12 heteroatoms. The number of benzene rings is 2. The van der Waals surface area contributed by atoms with Crippen molar-refractivity contribution in [1.29, 1.82) is 0 Å². The van der Waals surface area contributed by atoms with Gasteiger partial charge in [-0.25, -0.2) is 19.2 Å². The van der Waals surface area contributed by atoms with Gasteiger partial charge in [-0.15, -0.1) is 0 Å². The Kier molecular flexibility index (Phi) is 5.54. The van der Waals surface area contributed by atoms with Gasteiger partial charge in [-0.1, -0.05) is 29.8 Å². The molecule has 0 saturated carbocycles. The largest absolute Gasteiger partial charge is 0.478 e. The van der Waals surface area contributed by atoms with Crippen molar-refractivity contribution in [2.24, 2.45) is 0 Å². The van der Waals surface area contributed by atoms with Gasteiger partial charge in [0.25, 0.3) is 0 Å². The summed E-state index contributed by atoms with van der Waals surface area (Å²) in [5.41, 5.74) is 7.11. The summed E-state index contributed by atoms with van der Waals surface area (Å²) in [6, 6.07) is 14.4. The molecule has 0 bridgehead atoms. The molecule has 1 amide bonds.